The van der Waals surface area contributed by atoms with Crippen molar-refractivity contribution in [1.82, 2.24) is 9.80 Å². The van der Waals surface area contributed by atoms with Crippen molar-refractivity contribution in [3.63, 3.8) is 0 Å². The molecular weight excluding hydrogens is 390 g/mol. The largest absolute Gasteiger partial charge is 0.371 e. The third kappa shape index (κ3) is 3.67. The molecule has 2 aromatic carbocycles. The van der Waals surface area contributed by atoms with E-state index in [1.165, 1.54) is 79.1 Å². The van der Waals surface area contributed by atoms with Crippen LogP contribution in [0.4, 0.5) is 5.69 Å². The molecule has 3 heterocycles. The third-order valence-corrected chi connectivity index (χ3v) is 8.21. The molecule has 0 atom stereocenters. The van der Waals surface area contributed by atoms with Crippen molar-refractivity contribution in [1.29, 1.82) is 0 Å². The summed E-state index contributed by atoms with van der Waals surface area (Å²) >= 11 is 0. The number of benzene rings is 2. The van der Waals surface area contributed by atoms with Crippen LogP contribution >= 0.6 is 0 Å². The zero-order valence-electron chi connectivity index (χ0n) is 19.9. The maximum atomic E-state index is 4.50. The van der Waals surface area contributed by atoms with Crippen molar-refractivity contribution >= 4 is 5.69 Å². The fourth-order valence-electron chi connectivity index (χ4n) is 6.10. The SMILES string of the molecule is C=C(C)N1CCc2cc(CCCN3CCC4(CC3)C(=C)N(C)c3ccccc34)ccc2C1. The van der Waals surface area contributed by atoms with Crippen molar-refractivity contribution in [3.05, 3.63) is 89.3 Å². The molecule has 0 bridgehead atoms. The summed E-state index contributed by atoms with van der Waals surface area (Å²) < 4.78 is 0. The van der Waals surface area contributed by atoms with Crippen LogP contribution in [0.15, 0.2) is 67.0 Å². The molecule has 3 nitrogen and oxygen atoms in total. The van der Waals surface area contributed by atoms with Gasteiger partial charge in [-0.25, -0.2) is 0 Å². The standard InChI is InChI=1S/C29H37N3/c1-22(2)32-17-13-25-20-24(11-12-26(25)21-32)8-7-16-31-18-14-29(15-19-31)23(3)30(4)28-10-6-5-9-27(28)29/h5-6,9-12,20H,1,3,7-8,13-19,21H2,2,4H3. The van der Waals surface area contributed by atoms with Crippen LogP contribution in [-0.2, 0) is 24.8 Å². The van der Waals surface area contributed by atoms with E-state index in [0.717, 1.165) is 19.5 Å². The summed E-state index contributed by atoms with van der Waals surface area (Å²) in [4.78, 5) is 7.37. The number of likely N-dealkylation sites (N-methyl/N-ethyl adjacent to an activating group) is 1. The average Bonchev–Trinajstić information content (AvgIpc) is 3.02. The van der Waals surface area contributed by atoms with Gasteiger partial charge in [0.05, 0.1) is 0 Å². The molecule has 1 fully saturated rings. The summed E-state index contributed by atoms with van der Waals surface area (Å²) in [5, 5.41) is 0. The lowest BCUT2D eigenvalue weighted by molar-refractivity contribution is 0.178. The van der Waals surface area contributed by atoms with Crippen LogP contribution in [-0.4, -0.2) is 43.0 Å². The first-order valence-corrected chi connectivity index (χ1v) is 12.2. The van der Waals surface area contributed by atoms with Gasteiger partial charge in [0.1, 0.15) is 0 Å². The molecular formula is C29H37N3. The first-order valence-electron chi connectivity index (χ1n) is 12.2. The predicted molar refractivity (Wildman–Crippen MR) is 135 cm³/mol. The number of nitrogens with zero attached hydrogens (tertiary/aromatic N) is 3. The highest BCUT2D eigenvalue weighted by Gasteiger charge is 2.46. The van der Waals surface area contributed by atoms with E-state index in [4.69, 9.17) is 0 Å². The minimum atomic E-state index is 0.151. The average molecular weight is 428 g/mol. The van der Waals surface area contributed by atoms with Crippen molar-refractivity contribution < 1.29 is 0 Å². The van der Waals surface area contributed by atoms with Crippen molar-refractivity contribution in [2.75, 3.05) is 38.1 Å². The van der Waals surface area contributed by atoms with Crippen LogP contribution in [0.2, 0.25) is 0 Å². The van der Waals surface area contributed by atoms with E-state index < -0.39 is 0 Å². The highest BCUT2D eigenvalue weighted by molar-refractivity contribution is 5.70. The Morgan fingerprint density at radius 3 is 2.59 bits per heavy atom. The van der Waals surface area contributed by atoms with Gasteiger partial charge >= 0.3 is 0 Å². The molecule has 3 aliphatic rings. The van der Waals surface area contributed by atoms with Gasteiger partial charge in [0, 0.05) is 42.6 Å². The molecule has 168 valence electrons. The Labute approximate surface area is 194 Å². The molecule has 0 amide bonds. The van der Waals surface area contributed by atoms with Crippen LogP contribution in [0.5, 0.6) is 0 Å². The maximum Gasteiger partial charge on any atom is 0.0448 e. The lowest BCUT2D eigenvalue weighted by Gasteiger charge is -2.41. The Bertz CT molecular complexity index is 1030. The first-order chi connectivity index (χ1) is 15.5. The Morgan fingerprint density at radius 2 is 1.81 bits per heavy atom. The molecule has 3 aliphatic heterocycles. The molecule has 0 radical (unpaired) electrons. The quantitative estimate of drug-likeness (QED) is 0.623. The number of fused-ring (bicyclic) bond motifs is 3. The van der Waals surface area contributed by atoms with Crippen molar-refractivity contribution in [2.24, 2.45) is 0 Å². The molecule has 0 N–H and O–H groups in total. The van der Waals surface area contributed by atoms with Gasteiger partial charge in [-0.1, -0.05) is 49.6 Å². The smallest absolute Gasteiger partial charge is 0.0448 e. The third-order valence-electron chi connectivity index (χ3n) is 8.21. The Morgan fingerprint density at radius 1 is 1.03 bits per heavy atom. The predicted octanol–water partition coefficient (Wildman–Crippen LogP) is 5.51. The van der Waals surface area contributed by atoms with Gasteiger partial charge in [0.15, 0.2) is 0 Å². The van der Waals surface area contributed by atoms with Crippen LogP contribution in [0.25, 0.3) is 0 Å². The molecule has 0 aromatic heterocycles. The summed E-state index contributed by atoms with van der Waals surface area (Å²) in [6.07, 6.45) is 5.93. The minimum absolute atomic E-state index is 0.151. The van der Waals surface area contributed by atoms with Crippen LogP contribution in [0.3, 0.4) is 0 Å². The molecule has 5 rings (SSSR count). The lowest BCUT2D eigenvalue weighted by Crippen LogP contribution is -2.43. The van der Waals surface area contributed by atoms with Gasteiger partial charge in [-0.15, -0.1) is 0 Å². The second-order valence-electron chi connectivity index (χ2n) is 10.1. The topological polar surface area (TPSA) is 9.72 Å². The van der Waals surface area contributed by atoms with Crippen molar-refractivity contribution in [3.8, 4) is 0 Å². The van der Waals surface area contributed by atoms with Crippen LogP contribution in [0, 0.1) is 0 Å². The normalized spacial score (nSPS) is 19.9. The molecule has 0 aliphatic carbocycles. The van der Waals surface area contributed by atoms with E-state index >= 15 is 0 Å². The van der Waals surface area contributed by atoms with E-state index in [9.17, 15) is 0 Å². The Balaban J connectivity index is 1.15. The Hall–Kier alpha value is -2.52. The van der Waals surface area contributed by atoms with Gasteiger partial charge in [0.2, 0.25) is 0 Å². The Kier molecular flexibility index (Phi) is 5.63. The zero-order chi connectivity index (χ0) is 22.3. The summed E-state index contributed by atoms with van der Waals surface area (Å²) in [6, 6.07) is 16.1. The van der Waals surface area contributed by atoms with Crippen molar-refractivity contribution in [2.45, 2.75) is 51.0 Å². The van der Waals surface area contributed by atoms with Gasteiger partial charge < -0.3 is 14.7 Å². The number of anilines is 1. The molecule has 1 spiro atoms. The van der Waals surface area contributed by atoms with Gasteiger partial charge in [-0.2, -0.15) is 0 Å². The molecule has 0 saturated carbocycles. The van der Waals surface area contributed by atoms with Crippen LogP contribution in [0.1, 0.15) is 48.4 Å². The molecule has 2 aromatic rings. The van der Waals surface area contributed by atoms with Crippen LogP contribution < -0.4 is 4.90 Å². The van der Waals surface area contributed by atoms with E-state index in [0.29, 0.717) is 0 Å². The minimum Gasteiger partial charge on any atom is -0.371 e. The first kappa shape index (κ1) is 21.3. The number of piperidine rings is 1. The second kappa shape index (κ2) is 8.44. The van der Waals surface area contributed by atoms with Gasteiger partial charge in [0.25, 0.3) is 0 Å². The number of allylic oxidation sites excluding steroid dienone is 2. The zero-order valence-corrected chi connectivity index (χ0v) is 19.9. The maximum absolute atomic E-state index is 4.50. The summed E-state index contributed by atoms with van der Waals surface area (Å²) in [5.74, 6) is 0. The molecule has 1 saturated heterocycles. The van der Waals surface area contributed by atoms with E-state index in [2.05, 4.69) is 84.3 Å². The van der Waals surface area contributed by atoms with E-state index in [-0.39, 0.29) is 5.41 Å². The summed E-state index contributed by atoms with van der Waals surface area (Å²) in [7, 11) is 2.18. The van der Waals surface area contributed by atoms with Gasteiger partial charge in [-0.3, -0.25) is 0 Å². The molecule has 32 heavy (non-hydrogen) atoms. The highest BCUT2D eigenvalue weighted by Crippen LogP contribution is 2.52. The monoisotopic (exact) mass is 427 g/mol. The van der Waals surface area contributed by atoms with E-state index in [1.54, 1.807) is 5.56 Å². The van der Waals surface area contributed by atoms with E-state index in [1.807, 2.05) is 0 Å². The molecule has 3 heteroatoms. The number of rotatable bonds is 5. The summed E-state index contributed by atoms with van der Waals surface area (Å²) in [6.45, 7) is 16.4. The summed E-state index contributed by atoms with van der Waals surface area (Å²) in [5.41, 5.74) is 9.99. The number of para-hydroxylation sites is 1. The number of hydrogen-bond donors (Lipinski definition) is 0. The fraction of sp³-hybridized carbons (Fsp3) is 0.448. The second-order valence-corrected chi connectivity index (χ2v) is 10.1. The lowest BCUT2D eigenvalue weighted by atomic mass is 9.72. The molecule has 0 unspecified atom stereocenters. The number of hydrogen-bond acceptors (Lipinski definition) is 3. The number of aryl methyl sites for hydroxylation is 1. The highest BCUT2D eigenvalue weighted by atomic mass is 15.2. The number of likely N-dealkylation sites (tertiary alicyclic amines) is 1. The fourth-order valence-corrected chi connectivity index (χ4v) is 6.10. The van der Waals surface area contributed by atoms with Gasteiger partial charge in [-0.05, 0) is 87.0 Å².